The van der Waals surface area contributed by atoms with Gasteiger partial charge in [0, 0.05) is 0 Å². The zero-order valence-corrected chi connectivity index (χ0v) is 11.1. The second-order valence-corrected chi connectivity index (χ2v) is 4.63. The van der Waals surface area contributed by atoms with E-state index in [-0.39, 0.29) is 11.3 Å². The van der Waals surface area contributed by atoms with Crippen LogP contribution in [-0.2, 0) is 0 Å². The highest BCUT2D eigenvalue weighted by Crippen LogP contribution is 2.40. The molecule has 2 aromatic rings. The Morgan fingerprint density at radius 1 is 1.10 bits per heavy atom. The quantitative estimate of drug-likeness (QED) is 0.692. The monoisotopic (exact) mass is 287 g/mol. The molecule has 0 amide bonds. The maximum absolute atomic E-state index is 11.2. The first-order valence-corrected chi connectivity index (χ1v) is 6.48. The van der Waals surface area contributed by atoms with Crippen molar-refractivity contribution in [3.8, 4) is 11.5 Å². The van der Waals surface area contributed by atoms with E-state index in [9.17, 15) is 15.2 Å². The van der Waals surface area contributed by atoms with Crippen molar-refractivity contribution in [1.29, 1.82) is 0 Å². The lowest BCUT2D eigenvalue weighted by Crippen LogP contribution is -2.16. The summed E-state index contributed by atoms with van der Waals surface area (Å²) in [5.74, 6) is 0.744. The van der Waals surface area contributed by atoms with Gasteiger partial charge in [0.1, 0.15) is 19.3 Å². The Balaban J connectivity index is 2.10. The van der Waals surface area contributed by atoms with Gasteiger partial charge < -0.3 is 14.6 Å². The molecule has 0 aliphatic carbocycles. The number of hydrogen-bond donors (Lipinski definition) is 1. The summed E-state index contributed by atoms with van der Waals surface area (Å²) in [4.78, 5) is 10.7. The fourth-order valence-corrected chi connectivity index (χ4v) is 2.29. The molecule has 1 atom stereocenters. The van der Waals surface area contributed by atoms with Gasteiger partial charge >= 0.3 is 0 Å². The number of ether oxygens (including phenoxy) is 2. The van der Waals surface area contributed by atoms with Crippen LogP contribution in [0.5, 0.6) is 11.5 Å². The molecule has 0 fully saturated rings. The summed E-state index contributed by atoms with van der Waals surface area (Å²) in [5.41, 5.74) is 0.586. The van der Waals surface area contributed by atoms with Crippen LogP contribution in [0.1, 0.15) is 17.2 Å². The molecule has 0 spiro atoms. The van der Waals surface area contributed by atoms with E-state index in [2.05, 4.69) is 0 Å². The summed E-state index contributed by atoms with van der Waals surface area (Å²) >= 11 is 0. The first-order valence-electron chi connectivity index (χ1n) is 6.48. The van der Waals surface area contributed by atoms with Crippen LogP contribution in [0.25, 0.3) is 0 Å². The molecule has 0 saturated heterocycles. The Morgan fingerprint density at radius 3 is 2.33 bits per heavy atom. The molecule has 0 saturated carbocycles. The number of aliphatic hydroxyl groups is 1. The van der Waals surface area contributed by atoms with Crippen molar-refractivity contribution in [3.63, 3.8) is 0 Å². The van der Waals surface area contributed by atoms with Gasteiger partial charge in [-0.15, -0.1) is 0 Å². The van der Waals surface area contributed by atoms with Gasteiger partial charge in [0.05, 0.1) is 16.6 Å². The number of nitro benzene ring substituents is 1. The second-order valence-electron chi connectivity index (χ2n) is 4.63. The van der Waals surface area contributed by atoms with Gasteiger partial charge in [-0.1, -0.05) is 30.3 Å². The molecule has 21 heavy (non-hydrogen) atoms. The van der Waals surface area contributed by atoms with Crippen molar-refractivity contribution in [2.24, 2.45) is 0 Å². The van der Waals surface area contributed by atoms with Crippen molar-refractivity contribution in [2.75, 3.05) is 13.2 Å². The van der Waals surface area contributed by atoms with E-state index in [1.54, 1.807) is 24.3 Å². The van der Waals surface area contributed by atoms with Gasteiger partial charge in [-0.2, -0.15) is 0 Å². The van der Waals surface area contributed by atoms with Gasteiger partial charge in [0.15, 0.2) is 11.5 Å². The van der Waals surface area contributed by atoms with Crippen LogP contribution in [0, 0.1) is 10.1 Å². The SMILES string of the molecule is O=[N+]([O-])c1cc2c(cc1[C@H](O)c1ccccc1)OCCO2. The Hall–Kier alpha value is -2.60. The average Bonchev–Trinajstić information content (AvgIpc) is 2.53. The minimum Gasteiger partial charge on any atom is -0.486 e. The van der Waals surface area contributed by atoms with E-state index >= 15 is 0 Å². The normalized spacial score (nSPS) is 14.5. The summed E-state index contributed by atoms with van der Waals surface area (Å²) < 4.78 is 10.8. The van der Waals surface area contributed by atoms with E-state index in [4.69, 9.17) is 9.47 Å². The van der Waals surface area contributed by atoms with Crippen molar-refractivity contribution in [2.45, 2.75) is 6.10 Å². The van der Waals surface area contributed by atoms with Crippen LogP contribution >= 0.6 is 0 Å². The van der Waals surface area contributed by atoms with Gasteiger partial charge in [0.2, 0.25) is 0 Å². The maximum atomic E-state index is 11.2. The summed E-state index contributed by atoms with van der Waals surface area (Å²) in [7, 11) is 0. The summed E-state index contributed by atoms with van der Waals surface area (Å²) in [6.45, 7) is 0.733. The van der Waals surface area contributed by atoms with Crippen LogP contribution in [-0.4, -0.2) is 23.2 Å². The molecule has 0 aromatic heterocycles. The van der Waals surface area contributed by atoms with Gasteiger partial charge in [-0.05, 0) is 11.6 Å². The zero-order valence-electron chi connectivity index (χ0n) is 11.1. The number of aliphatic hydroxyl groups excluding tert-OH is 1. The van der Waals surface area contributed by atoms with Crippen molar-refractivity contribution in [1.82, 2.24) is 0 Å². The number of fused-ring (bicyclic) bond motifs is 1. The standard InChI is InChI=1S/C15H13NO5/c17-15(10-4-2-1-3-5-10)11-8-13-14(21-7-6-20-13)9-12(11)16(18)19/h1-5,8-9,15,17H,6-7H2/t15-/m1/s1. The highest BCUT2D eigenvalue weighted by Gasteiger charge is 2.27. The van der Waals surface area contributed by atoms with Gasteiger partial charge in [0.25, 0.3) is 5.69 Å². The van der Waals surface area contributed by atoms with E-state index in [1.165, 1.54) is 12.1 Å². The van der Waals surface area contributed by atoms with E-state index in [0.29, 0.717) is 30.3 Å². The van der Waals surface area contributed by atoms with Crippen LogP contribution < -0.4 is 9.47 Å². The Kier molecular flexibility index (Phi) is 3.45. The molecule has 6 heteroatoms. The van der Waals surface area contributed by atoms with E-state index in [0.717, 1.165) is 0 Å². The molecule has 0 bridgehead atoms. The predicted octanol–water partition coefficient (Wildman–Crippen LogP) is 2.45. The Labute approximate surface area is 120 Å². The van der Waals surface area contributed by atoms with Crippen LogP contribution in [0.3, 0.4) is 0 Å². The van der Waals surface area contributed by atoms with Crippen molar-refractivity contribution >= 4 is 5.69 Å². The lowest BCUT2D eigenvalue weighted by Gasteiger charge is -2.20. The molecule has 1 aliphatic rings. The van der Waals surface area contributed by atoms with Crippen LogP contribution in [0.2, 0.25) is 0 Å². The third-order valence-electron chi connectivity index (χ3n) is 3.30. The first-order chi connectivity index (χ1) is 10.2. The highest BCUT2D eigenvalue weighted by molar-refractivity contribution is 5.57. The molecule has 1 aliphatic heterocycles. The molecule has 0 radical (unpaired) electrons. The Bertz CT molecular complexity index is 671. The number of nitro groups is 1. The minimum atomic E-state index is -1.09. The third-order valence-corrected chi connectivity index (χ3v) is 3.30. The average molecular weight is 287 g/mol. The first kappa shape index (κ1) is 13.4. The summed E-state index contributed by atoms with van der Waals surface area (Å²) in [6.07, 6.45) is -1.09. The van der Waals surface area contributed by atoms with Crippen molar-refractivity contribution < 1.29 is 19.5 Å². The fourth-order valence-electron chi connectivity index (χ4n) is 2.29. The van der Waals surface area contributed by atoms with E-state index < -0.39 is 11.0 Å². The number of rotatable bonds is 3. The number of nitrogens with zero attached hydrogens (tertiary/aromatic N) is 1. The Morgan fingerprint density at radius 2 is 1.71 bits per heavy atom. The summed E-state index contributed by atoms with van der Waals surface area (Å²) in [6, 6.07) is 11.6. The zero-order chi connectivity index (χ0) is 14.8. The van der Waals surface area contributed by atoms with Gasteiger partial charge in [-0.25, -0.2) is 0 Å². The molecule has 6 nitrogen and oxygen atoms in total. The second kappa shape index (κ2) is 5.41. The molecule has 108 valence electrons. The molecule has 0 unspecified atom stereocenters. The number of hydrogen-bond acceptors (Lipinski definition) is 5. The number of benzene rings is 2. The van der Waals surface area contributed by atoms with Crippen molar-refractivity contribution in [3.05, 3.63) is 63.7 Å². The van der Waals surface area contributed by atoms with E-state index in [1.807, 2.05) is 6.07 Å². The fraction of sp³-hybridized carbons (Fsp3) is 0.200. The smallest absolute Gasteiger partial charge is 0.279 e. The lowest BCUT2D eigenvalue weighted by molar-refractivity contribution is -0.386. The highest BCUT2D eigenvalue weighted by atomic mass is 16.6. The topological polar surface area (TPSA) is 81.8 Å². The molecule has 3 rings (SSSR count). The minimum absolute atomic E-state index is 0.185. The van der Waals surface area contributed by atoms with Crippen LogP contribution in [0.4, 0.5) is 5.69 Å². The predicted molar refractivity (Wildman–Crippen MR) is 74.6 cm³/mol. The maximum Gasteiger partial charge on any atom is 0.279 e. The third kappa shape index (κ3) is 2.53. The molecular formula is C15H13NO5. The van der Waals surface area contributed by atoms with Crippen LogP contribution in [0.15, 0.2) is 42.5 Å². The molecular weight excluding hydrogens is 274 g/mol. The largest absolute Gasteiger partial charge is 0.486 e. The summed E-state index contributed by atoms with van der Waals surface area (Å²) in [5, 5.41) is 21.7. The molecule has 1 heterocycles. The molecule has 1 N–H and O–H groups in total. The van der Waals surface area contributed by atoms with Gasteiger partial charge in [-0.3, -0.25) is 10.1 Å². The molecule has 2 aromatic carbocycles. The lowest BCUT2D eigenvalue weighted by atomic mass is 9.99.